The second-order valence-electron chi connectivity index (χ2n) is 3.02. The highest BCUT2D eigenvalue weighted by Gasteiger charge is 2.27. The van der Waals surface area contributed by atoms with E-state index in [0.29, 0.717) is 6.42 Å². The van der Waals surface area contributed by atoms with Crippen LogP contribution in [0.5, 0.6) is 0 Å². The van der Waals surface area contributed by atoms with Gasteiger partial charge in [0.2, 0.25) is 0 Å². The molecule has 0 rings (SSSR count). The van der Waals surface area contributed by atoms with Crippen molar-refractivity contribution in [1.29, 1.82) is 0 Å². The van der Waals surface area contributed by atoms with Gasteiger partial charge in [-0.25, -0.2) is 4.79 Å². The Morgan fingerprint density at radius 2 is 2.08 bits per heavy atom. The van der Waals surface area contributed by atoms with Crippen LogP contribution in [0.4, 0.5) is 0 Å². The average Bonchev–Trinajstić information content (AvgIpc) is 2.00. The summed E-state index contributed by atoms with van der Waals surface area (Å²) in [6, 6.07) is 0. The highest BCUT2D eigenvalue weighted by atomic mass is 16.8. The lowest BCUT2D eigenvalue weighted by Crippen LogP contribution is -2.34. The second kappa shape index (κ2) is 4.99. The van der Waals surface area contributed by atoms with Gasteiger partial charge in [-0.1, -0.05) is 19.9 Å². The Morgan fingerprint density at radius 3 is 2.46 bits per heavy atom. The van der Waals surface area contributed by atoms with Crippen molar-refractivity contribution in [3.63, 3.8) is 0 Å². The van der Waals surface area contributed by atoms with Gasteiger partial charge in [-0.2, -0.15) is 0 Å². The third-order valence-corrected chi connectivity index (χ3v) is 1.46. The molecule has 0 aliphatic heterocycles. The van der Waals surface area contributed by atoms with Gasteiger partial charge in [0.1, 0.15) is 0 Å². The fourth-order valence-electron chi connectivity index (χ4n) is 0.694. The first-order valence-electron chi connectivity index (χ1n) is 4.22. The predicted molar refractivity (Wildman–Crippen MR) is 47.6 cm³/mol. The maximum Gasteiger partial charge on any atom is 0.337 e. The van der Waals surface area contributed by atoms with E-state index in [-0.39, 0.29) is 12.0 Å². The van der Waals surface area contributed by atoms with Crippen molar-refractivity contribution in [2.24, 2.45) is 0 Å². The maximum atomic E-state index is 10.9. The molecular weight excluding hydrogens is 172 g/mol. The summed E-state index contributed by atoms with van der Waals surface area (Å²) >= 11 is 0. The van der Waals surface area contributed by atoms with Gasteiger partial charge in [0.15, 0.2) is 0 Å². The van der Waals surface area contributed by atoms with Crippen molar-refractivity contribution in [3.05, 3.63) is 12.2 Å². The molecule has 0 bridgehead atoms. The number of carbonyl (C=O) groups is 1. The molecule has 4 heteroatoms. The average molecular weight is 188 g/mol. The van der Waals surface area contributed by atoms with E-state index in [2.05, 4.69) is 11.3 Å². The van der Waals surface area contributed by atoms with Crippen LogP contribution in [0.3, 0.4) is 0 Å². The molecule has 0 saturated carbocycles. The minimum atomic E-state index is -2.36. The number of rotatable bonds is 5. The highest BCUT2D eigenvalue weighted by Crippen LogP contribution is 2.13. The van der Waals surface area contributed by atoms with Crippen molar-refractivity contribution < 1.29 is 19.7 Å². The largest absolute Gasteiger partial charge is 0.405 e. The molecular formula is C9H16O4. The predicted octanol–water partition coefficient (Wildman–Crippen LogP) is 0.934. The van der Waals surface area contributed by atoms with Crippen molar-refractivity contribution in [2.45, 2.75) is 39.1 Å². The molecule has 0 unspecified atom stereocenters. The Balaban J connectivity index is 4.00. The zero-order valence-corrected chi connectivity index (χ0v) is 8.04. The first-order chi connectivity index (χ1) is 5.89. The number of carbonyl (C=O) groups excluding carboxylic acids is 1. The van der Waals surface area contributed by atoms with Gasteiger partial charge in [0.05, 0.1) is 0 Å². The van der Waals surface area contributed by atoms with E-state index in [0.717, 1.165) is 6.42 Å². The van der Waals surface area contributed by atoms with Crippen LogP contribution in [0.2, 0.25) is 0 Å². The van der Waals surface area contributed by atoms with E-state index < -0.39 is 11.9 Å². The topological polar surface area (TPSA) is 66.8 Å². The van der Waals surface area contributed by atoms with Crippen molar-refractivity contribution >= 4 is 5.97 Å². The quantitative estimate of drug-likeness (QED) is 0.382. The number of ether oxygens (including phenoxy) is 1. The van der Waals surface area contributed by atoms with Gasteiger partial charge in [-0.15, -0.1) is 0 Å². The first-order valence-corrected chi connectivity index (χ1v) is 4.22. The summed E-state index contributed by atoms with van der Waals surface area (Å²) in [5, 5.41) is 18.3. The summed E-state index contributed by atoms with van der Waals surface area (Å²) < 4.78 is 4.37. The minimum absolute atomic E-state index is 0.0164. The third kappa shape index (κ3) is 5.38. The van der Waals surface area contributed by atoms with E-state index in [9.17, 15) is 4.79 Å². The summed E-state index contributed by atoms with van der Waals surface area (Å²) in [7, 11) is 0. The number of hydrogen-bond donors (Lipinski definition) is 2. The molecule has 0 aliphatic carbocycles. The molecule has 2 N–H and O–H groups in total. The normalized spacial score (nSPS) is 11.1. The van der Waals surface area contributed by atoms with Crippen LogP contribution in [-0.4, -0.2) is 22.2 Å². The van der Waals surface area contributed by atoms with Gasteiger partial charge in [-0.05, 0) is 13.3 Å². The molecule has 0 aromatic heterocycles. The van der Waals surface area contributed by atoms with Gasteiger partial charge in [-0.3, -0.25) is 0 Å². The molecule has 4 nitrogen and oxygen atoms in total. The third-order valence-electron chi connectivity index (χ3n) is 1.46. The van der Waals surface area contributed by atoms with Crippen LogP contribution in [0.1, 0.15) is 33.1 Å². The lowest BCUT2D eigenvalue weighted by atomic mass is 10.2. The van der Waals surface area contributed by atoms with Crippen molar-refractivity contribution in [1.82, 2.24) is 0 Å². The summed E-state index contributed by atoms with van der Waals surface area (Å²) in [6.07, 6.45) is 1.40. The summed E-state index contributed by atoms with van der Waals surface area (Å²) in [5.41, 5.74) is 0.143. The zero-order chi connectivity index (χ0) is 10.5. The summed E-state index contributed by atoms with van der Waals surface area (Å²) in [6.45, 7) is 6.66. The number of unbranched alkanes of at least 4 members (excludes halogenated alkanes) is 1. The Hall–Kier alpha value is -0.870. The molecule has 0 fully saturated rings. The van der Waals surface area contributed by atoms with Crippen LogP contribution < -0.4 is 0 Å². The summed E-state index contributed by atoms with van der Waals surface area (Å²) in [4.78, 5) is 10.9. The Bertz CT molecular complexity index is 196. The van der Waals surface area contributed by atoms with Gasteiger partial charge < -0.3 is 14.9 Å². The molecule has 0 radical (unpaired) electrons. The molecule has 13 heavy (non-hydrogen) atoms. The number of aliphatic hydroxyl groups is 2. The van der Waals surface area contributed by atoms with Crippen molar-refractivity contribution in [3.8, 4) is 0 Å². The maximum absolute atomic E-state index is 10.9. The van der Waals surface area contributed by atoms with Crippen LogP contribution in [0.25, 0.3) is 0 Å². The van der Waals surface area contributed by atoms with Gasteiger partial charge in [0.25, 0.3) is 0 Å². The van der Waals surface area contributed by atoms with Crippen LogP contribution in [-0.2, 0) is 9.53 Å². The summed E-state index contributed by atoms with van der Waals surface area (Å²) in [5.74, 6) is -3.15. The Labute approximate surface area is 77.8 Å². The van der Waals surface area contributed by atoms with E-state index in [1.165, 1.54) is 6.92 Å². The Kier molecular flexibility index (Phi) is 4.66. The van der Waals surface area contributed by atoms with E-state index in [4.69, 9.17) is 10.2 Å². The van der Waals surface area contributed by atoms with Crippen LogP contribution >= 0.6 is 0 Å². The fraction of sp³-hybridized carbons (Fsp3) is 0.667. The highest BCUT2D eigenvalue weighted by molar-refractivity contribution is 5.87. The molecule has 0 spiro atoms. The monoisotopic (exact) mass is 188 g/mol. The lowest BCUT2D eigenvalue weighted by Gasteiger charge is -2.20. The molecule has 0 saturated heterocycles. The fourth-order valence-corrected chi connectivity index (χ4v) is 0.694. The second-order valence-corrected chi connectivity index (χ2v) is 3.02. The molecule has 0 aromatic rings. The zero-order valence-electron chi connectivity index (χ0n) is 8.04. The van der Waals surface area contributed by atoms with Gasteiger partial charge in [0, 0.05) is 12.0 Å². The molecule has 0 aliphatic rings. The number of hydrogen-bond acceptors (Lipinski definition) is 4. The Morgan fingerprint density at radius 1 is 1.54 bits per heavy atom. The SMILES string of the molecule is C=C(C)C(=O)OC(O)(O)CCCC. The lowest BCUT2D eigenvalue weighted by molar-refractivity contribution is -0.320. The molecule has 0 amide bonds. The van der Waals surface area contributed by atoms with E-state index in [1.54, 1.807) is 0 Å². The first kappa shape index (κ1) is 12.1. The molecule has 0 aromatic carbocycles. The minimum Gasteiger partial charge on any atom is -0.405 e. The molecule has 76 valence electrons. The van der Waals surface area contributed by atoms with Crippen LogP contribution in [0, 0.1) is 0 Å². The van der Waals surface area contributed by atoms with Gasteiger partial charge >= 0.3 is 11.9 Å². The molecule has 0 atom stereocenters. The van der Waals surface area contributed by atoms with E-state index in [1.807, 2.05) is 6.92 Å². The smallest absolute Gasteiger partial charge is 0.337 e. The molecule has 0 heterocycles. The standard InChI is InChI=1S/C9H16O4/c1-4-5-6-9(11,12)13-8(10)7(2)3/h11-12H,2,4-6H2,1,3H3. The number of esters is 1. The van der Waals surface area contributed by atoms with Crippen molar-refractivity contribution in [2.75, 3.05) is 0 Å². The van der Waals surface area contributed by atoms with Crippen LogP contribution in [0.15, 0.2) is 12.2 Å². The van der Waals surface area contributed by atoms with E-state index >= 15 is 0 Å².